The summed E-state index contributed by atoms with van der Waals surface area (Å²) in [6, 6.07) is 22.6. The Morgan fingerprint density at radius 1 is 0.867 bits per heavy atom. The third-order valence-electron chi connectivity index (χ3n) is 5.74. The number of anilines is 1. The first kappa shape index (κ1) is 18.5. The number of fused-ring (bicyclic) bond motifs is 3. The zero-order valence-electron chi connectivity index (χ0n) is 16.9. The summed E-state index contributed by atoms with van der Waals surface area (Å²) in [5.41, 5.74) is 4.44. The van der Waals surface area contributed by atoms with Crippen molar-refractivity contribution in [3.63, 3.8) is 0 Å². The van der Waals surface area contributed by atoms with Crippen LogP contribution in [0.3, 0.4) is 0 Å². The zero-order chi connectivity index (χ0) is 20.3. The monoisotopic (exact) mass is 399 g/mol. The molecule has 1 aliphatic rings. The van der Waals surface area contributed by atoms with Gasteiger partial charge in [0.2, 0.25) is 0 Å². The van der Waals surface area contributed by atoms with E-state index >= 15 is 0 Å². The molecule has 0 aliphatic carbocycles. The van der Waals surface area contributed by atoms with E-state index in [0.717, 1.165) is 41.9 Å². The van der Waals surface area contributed by atoms with E-state index in [9.17, 15) is 4.79 Å². The summed E-state index contributed by atoms with van der Waals surface area (Å²) in [5, 5.41) is 3.05. The van der Waals surface area contributed by atoms with Crippen LogP contribution >= 0.6 is 0 Å². The van der Waals surface area contributed by atoms with Gasteiger partial charge in [-0.15, -0.1) is 0 Å². The minimum atomic E-state index is 0.0184. The van der Waals surface area contributed by atoms with E-state index in [1.165, 1.54) is 5.56 Å². The molecule has 6 nitrogen and oxygen atoms in total. The minimum Gasteiger partial charge on any atom is -0.351 e. The number of urea groups is 1. The third kappa shape index (κ3) is 3.56. The molecule has 1 saturated heterocycles. The fourth-order valence-corrected chi connectivity index (χ4v) is 4.13. The molecule has 1 aliphatic heterocycles. The van der Waals surface area contributed by atoms with Crippen LogP contribution in [0.2, 0.25) is 0 Å². The Labute approximate surface area is 175 Å². The molecule has 3 heterocycles. The minimum absolute atomic E-state index is 0.0184. The maximum absolute atomic E-state index is 12.6. The van der Waals surface area contributed by atoms with Gasteiger partial charge in [0, 0.05) is 38.9 Å². The van der Waals surface area contributed by atoms with Crippen LogP contribution < -0.4 is 10.2 Å². The fourth-order valence-electron chi connectivity index (χ4n) is 4.13. The highest BCUT2D eigenvalue weighted by atomic mass is 16.2. The topological polar surface area (TPSA) is 52.9 Å². The lowest BCUT2D eigenvalue weighted by Gasteiger charge is -2.35. The van der Waals surface area contributed by atoms with Crippen LogP contribution in [0.5, 0.6) is 0 Å². The lowest BCUT2D eigenvalue weighted by molar-refractivity contribution is 0.194. The van der Waals surface area contributed by atoms with Crippen molar-refractivity contribution < 1.29 is 4.79 Å². The van der Waals surface area contributed by atoms with Crippen LogP contribution in [-0.4, -0.2) is 53.0 Å². The number of aromatic nitrogens is 2. The number of nitrogens with zero attached hydrogens (tertiary/aromatic N) is 4. The number of para-hydroxylation sites is 2. The Morgan fingerprint density at radius 2 is 1.60 bits per heavy atom. The van der Waals surface area contributed by atoms with Crippen molar-refractivity contribution in [2.45, 2.75) is 6.42 Å². The van der Waals surface area contributed by atoms with Gasteiger partial charge in [0.05, 0.1) is 16.6 Å². The Kier molecular flexibility index (Phi) is 4.97. The fraction of sp³-hybridized carbons (Fsp3) is 0.250. The first-order valence-corrected chi connectivity index (χ1v) is 10.5. The number of carbonyl (C=O) groups excluding carboxylic acids is 1. The van der Waals surface area contributed by atoms with E-state index in [1.807, 2.05) is 35.2 Å². The number of carbonyl (C=O) groups is 1. The highest BCUT2D eigenvalue weighted by molar-refractivity contribution is 5.85. The smallest absolute Gasteiger partial charge is 0.317 e. The van der Waals surface area contributed by atoms with Gasteiger partial charge in [-0.3, -0.25) is 0 Å². The lowest BCUT2D eigenvalue weighted by Crippen LogP contribution is -2.52. The van der Waals surface area contributed by atoms with Crippen molar-refractivity contribution in [2.75, 3.05) is 37.6 Å². The average molecular weight is 399 g/mol. The quantitative estimate of drug-likeness (QED) is 0.571. The number of hydrogen-bond acceptors (Lipinski definition) is 3. The summed E-state index contributed by atoms with van der Waals surface area (Å²) in [7, 11) is 0. The molecule has 1 fully saturated rings. The highest BCUT2D eigenvalue weighted by Crippen LogP contribution is 2.26. The number of piperazine rings is 1. The molecule has 6 heteroatoms. The molecule has 4 aromatic rings. The van der Waals surface area contributed by atoms with Crippen LogP contribution in [0.4, 0.5) is 10.6 Å². The molecule has 0 radical (unpaired) electrons. The molecule has 5 rings (SSSR count). The molecule has 2 amide bonds. The van der Waals surface area contributed by atoms with E-state index in [1.54, 1.807) is 0 Å². The molecule has 152 valence electrons. The van der Waals surface area contributed by atoms with Crippen LogP contribution in [0.25, 0.3) is 16.6 Å². The normalized spacial score (nSPS) is 14.4. The Balaban J connectivity index is 1.23. The molecule has 0 saturated carbocycles. The largest absolute Gasteiger partial charge is 0.351 e. The molecule has 0 bridgehead atoms. The van der Waals surface area contributed by atoms with Gasteiger partial charge in [0.1, 0.15) is 0 Å². The number of rotatable bonds is 4. The van der Waals surface area contributed by atoms with Crippen molar-refractivity contribution in [1.82, 2.24) is 19.6 Å². The van der Waals surface area contributed by atoms with Crippen molar-refractivity contribution in [3.8, 4) is 0 Å². The first-order valence-electron chi connectivity index (χ1n) is 10.5. The number of nitrogens with one attached hydrogen (secondary N) is 1. The molecular formula is C24H25N5O. The predicted octanol–water partition coefficient (Wildman–Crippen LogP) is 3.56. The van der Waals surface area contributed by atoms with Gasteiger partial charge in [0.25, 0.3) is 0 Å². The zero-order valence-corrected chi connectivity index (χ0v) is 16.9. The molecule has 2 aromatic heterocycles. The number of amides is 2. The van der Waals surface area contributed by atoms with Crippen LogP contribution in [0.15, 0.2) is 72.9 Å². The highest BCUT2D eigenvalue weighted by Gasteiger charge is 2.23. The molecule has 0 unspecified atom stereocenters. The summed E-state index contributed by atoms with van der Waals surface area (Å²) < 4.78 is 2.19. The molecule has 0 spiro atoms. The van der Waals surface area contributed by atoms with E-state index < -0.39 is 0 Å². The maximum Gasteiger partial charge on any atom is 0.317 e. The molecule has 30 heavy (non-hydrogen) atoms. The number of benzene rings is 2. The Morgan fingerprint density at radius 3 is 2.43 bits per heavy atom. The van der Waals surface area contributed by atoms with Crippen LogP contribution in [0, 0.1) is 0 Å². The summed E-state index contributed by atoms with van der Waals surface area (Å²) in [4.78, 5) is 21.7. The summed E-state index contributed by atoms with van der Waals surface area (Å²) in [5.74, 6) is 0.989. The Hall–Kier alpha value is -3.54. The van der Waals surface area contributed by atoms with Crippen molar-refractivity contribution in [3.05, 3.63) is 78.5 Å². The third-order valence-corrected chi connectivity index (χ3v) is 5.74. The van der Waals surface area contributed by atoms with E-state index in [-0.39, 0.29) is 6.03 Å². The molecule has 2 aromatic carbocycles. The number of hydrogen-bond donors (Lipinski definition) is 1. The standard InChI is InChI=1S/C24H25N5O/c30-24(25-13-12-19-7-2-1-3-8-19)28-17-15-27(16-18-28)23-22-11-6-14-29(22)21-10-5-4-9-20(21)26-23/h1-11,14H,12-13,15-18H2,(H,25,30). The van der Waals surface area contributed by atoms with Crippen molar-refractivity contribution in [2.24, 2.45) is 0 Å². The van der Waals surface area contributed by atoms with Crippen molar-refractivity contribution in [1.29, 1.82) is 0 Å². The van der Waals surface area contributed by atoms with Gasteiger partial charge < -0.3 is 19.5 Å². The van der Waals surface area contributed by atoms with E-state index in [0.29, 0.717) is 19.6 Å². The van der Waals surface area contributed by atoms with Gasteiger partial charge in [-0.25, -0.2) is 9.78 Å². The second-order valence-corrected chi connectivity index (χ2v) is 7.63. The van der Waals surface area contributed by atoms with E-state index in [2.05, 4.69) is 57.2 Å². The second-order valence-electron chi connectivity index (χ2n) is 7.63. The van der Waals surface area contributed by atoms with Gasteiger partial charge in [-0.1, -0.05) is 42.5 Å². The summed E-state index contributed by atoms with van der Waals surface area (Å²) in [6.07, 6.45) is 2.93. The summed E-state index contributed by atoms with van der Waals surface area (Å²) in [6.45, 7) is 3.59. The Bertz CT molecular complexity index is 1160. The van der Waals surface area contributed by atoms with E-state index in [4.69, 9.17) is 4.98 Å². The average Bonchev–Trinajstić information content (AvgIpc) is 3.30. The van der Waals surface area contributed by atoms with Crippen molar-refractivity contribution >= 4 is 28.4 Å². The van der Waals surface area contributed by atoms with Gasteiger partial charge in [0.15, 0.2) is 5.82 Å². The molecular weight excluding hydrogens is 374 g/mol. The first-order chi connectivity index (χ1) is 14.8. The second kappa shape index (κ2) is 8.06. The summed E-state index contributed by atoms with van der Waals surface area (Å²) >= 11 is 0. The molecule has 0 atom stereocenters. The molecule has 1 N–H and O–H groups in total. The van der Waals surface area contributed by atoms with Crippen LogP contribution in [0.1, 0.15) is 5.56 Å². The lowest BCUT2D eigenvalue weighted by atomic mass is 10.1. The van der Waals surface area contributed by atoms with Crippen LogP contribution in [-0.2, 0) is 6.42 Å². The maximum atomic E-state index is 12.6. The van der Waals surface area contributed by atoms with Gasteiger partial charge in [-0.05, 0) is 36.2 Å². The van der Waals surface area contributed by atoms with Gasteiger partial charge >= 0.3 is 6.03 Å². The predicted molar refractivity (Wildman–Crippen MR) is 120 cm³/mol. The SMILES string of the molecule is O=C(NCCc1ccccc1)N1CCN(c2nc3ccccc3n3cccc23)CC1. The van der Waals surface area contributed by atoms with Gasteiger partial charge in [-0.2, -0.15) is 0 Å².